The number of aryl methyl sites for hydroxylation is 1. The molecule has 19 heavy (non-hydrogen) atoms. The maximum Gasteiger partial charge on any atom is 0.271 e. The Hall–Kier alpha value is -1.52. The Kier molecular flexibility index (Phi) is 4.82. The summed E-state index contributed by atoms with van der Waals surface area (Å²) in [7, 11) is 0. The highest BCUT2D eigenvalue weighted by molar-refractivity contribution is 5.97. The van der Waals surface area contributed by atoms with Crippen LogP contribution < -0.4 is 11.1 Å². The van der Waals surface area contributed by atoms with Crippen LogP contribution in [0.4, 0.5) is 5.69 Å². The third kappa shape index (κ3) is 3.49. The third-order valence-electron chi connectivity index (χ3n) is 3.93. The van der Waals surface area contributed by atoms with Crippen molar-refractivity contribution in [3.63, 3.8) is 0 Å². The van der Waals surface area contributed by atoms with Gasteiger partial charge in [-0.2, -0.15) is 5.10 Å². The van der Waals surface area contributed by atoms with E-state index < -0.39 is 0 Å². The van der Waals surface area contributed by atoms with Crippen molar-refractivity contribution in [1.29, 1.82) is 0 Å². The molecular weight excluding hydrogens is 240 g/mol. The topological polar surface area (TPSA) is 72.9 Å². The molecule has 0 spiro atoms. The fourth-order valence-corrected chi connectivity index (χ4v) is 2.86. The zero-order valence-corrected chi connectivity index (χ0v) is 11.7. The van der Waals surface area contributed by atoms with Crippen molar-refractivity contribution in [3.05, 3.63) is 11.9 Å². The zero-order chi connectivity index (χ0) is 13.7. The molecule has 106 valence electrons. The Morgan fingerprint density at radius 3 is 2.95 bits per heavy atom. The lowest BCUT2D eigenvalue weighted by atomic mass is 10.0. The molecule has 1 saturated carbocycles. The quantitative estimate of drug-likeness (QED) is 0.773. The van der Waals surface area contributed by atoms with Gasteiger partial charge in [0.25, 0.3) is 5.91 Å². The molecule has 0 atom stereocenters. The molecule has 0 saturated heterocycles. The van der Waals surface area contributed by atoms with Gasteiger partial charge >= 0.3 is 0 Å². The monoisotopic (exact) mass is 264 g/mol. The van der Waals surface area contributed by atoms with Gasteiger partial charge < -0.3 is 11.1 Å². The molecule has 0 radical (unpaired) electrons. The number of nitrogen functional groups attached to an aromatic ring is 1. The number of hydrogen-bond donors (Lipinski definition) is 2. The second-order valence-electron chi connectivity index (χ2n) is 5.31. The minimum Gasteiger partial charge on any atom is -0.396 e. The normalized spacial score (nSPS) is 15.8. The summed E-state index contributed by atoms with van der Waals surface area (Å²) in [6.07, 6.45) is 9.30. The van der Waals surface area contributed by atoms with Gasteiger partial charge in [0.1, 0.15) is 5.69 Å². The van der Waals surface area contributed by atoms with E-state index in [-0.39, 0.29) is 5.91 Å². The van der Waals surface area contributed by atoms with Crippen LogP contribution in [0.1, 0.15) is 55.9 Å². The van der Waals surface area contributed by atoms with E-state index in [0.29, 0.717) is 17.9 Å². The lowest BCUT2D eigenvalue weighted by molar-refractivity contribution is 0.0942. The highest BCUT2D eigenvalue weighted by Crippen LogP contribution is 2.28. The first kappa shape index (κ1) is 13.9. The summed E-state index contributed by atoms with van der Waals surface area (Å²) in [6.45, 7) is 3.33. The Morgan fingerprint density at radius 2 is 2.26 bits per heavy atom. The third-order valence-corrected chi connectivity index (χ3v) is 3.93. The number of amides is 1. The Balaban J connectivity index is 1.75. The van der Waals surface area contributed by atoms with Gasteiger partial charge in [0.2, 0.25) is 0 Å². The van der Waals surface area contributed by atoms with Crippen molar-refractivity contribution in [1.82, 2.24) is 15.1 Å². The van der Waals surface area contributed by atoms with Crippen LogP contribution in [0.2, 0.25) is 0 Å². The van der Waals surface area contributed by atoms with Crippen LogP contribution in [0.15, 0.2) is 6.20 Å². The van der Waals surface area contributed by atoms with Crippen LogP contribution in [0.3, 0.4) is 0 Å². The van der Waals surface area contributed by atoms with E-state index in [0.717, 1.165) is 18.9 Å². The highest BCUT2D eigenvalue weighted by atomic mass is 16.2. The van der Waals surface area contributed by atoms with E-state index in [2.05, 4.69) is 10.4 Å². The molecule has 1 amide bonds. The number of anilines is 1. The van der Waals surface area contributed by atoms with Crippen LogP contribution in [-0.2, 0) is 6.54 Å². The first-order valence-electron chi connectivity index (χ1n) is 7.31. The maximum atomic E-state index is 12.1. The predicted molar refractivity (Wildman–Crippen MR) is 75.8 cm³/mol. The lowest BCUT2D eigenvalue weighted by Crippen LogP contribution is -2.28. The lowest BCUT2D eigenvalue weighted by Gasteiger charge is -2.10. The van der Waals surface area contributed by atoms with Gasteiger partial charge in [0.05, 0.1) is 11.9 Å². The maximum absolute atomic E-state index is 12.1. The average molecular weight is 264 g/mol. The van der Waals surface area contributed by atoms with Crippen molar-refractivity contribution in [2.24, 2.45) is 5.92 Å². The smallest absolute Gasteiger partial charge is 0.271 e. The first-order valence-corrected chi connectivity index (χ1v) is 7.31. The molecule has 1 heterocycles. The fourth-order valence-electron chi connectivity index (χ4n) is 2.86. The van der Waals surface area contributed by atoms with E-state index in [9.17, 15) is 4.79 Å². The second-order valence-corrected chi connectivity index (χ2v) is 5.31. The van der Waals surface area contributed by atoms with Gasteiger partial charge in [-0.1, -0.05) is 25.7 Å². The number of hydrogen-bond acceptors (Lipinski definition) is 3. The van der Waals surface area contributed by atoms with Gasteiger partial charge in [0.15, 0.2) is 0 Å². The molecule has 2 rings (SSSR count). The number of rotatable bonds is 6. The van der Waals surface area contributed by atoms with E-state index in [1.165, 1.54) is 38.3 Å². The molecule has 0 aliphatic heterocycles. The van der Waals surface area contributed by atoms with Crippen LogP contribution in [-0.4, -0.2) is 22.2 Å². The number of carbonyl (C=O) groups is 1. The number of aromatic nitrogens is 2. The fraction of sp³-hybridized carbons (Fsp3) is 0.714. The van der Waals surface area contributed by atoms with Crippen molar-refractivity contribution in [2.45, 2.75) is 52.0 Å². The molecular formula is C14H24N4O. The minimum absolute atomic E-state index is 0.108. The molecule has 1 aliphatic carbocycles. The number of nitrogens with two attached hydrogens (primary N) is 1. The largest absolute Gasteiger partial charge is 0.396 e. The first-order chi connectivity index (χ1) is 9.22. The van der Waals surface area contributed by atoms with Crippen LogP contribution in [0, 0.1) is 5.92 Å². The highest BCUT2D eigenvalue weighted by Gasteiger charge is 2.17. The zero-order valence-electron chi connectivity index (χ0n) is 11.7. The molecule has 5 heteroatoms. The Bertz CT molecular complexity index is 421. The van der Waals surface area contributed by atoms with Crippen molar-refractivity contribution < 1.29 is 4.79 Å². The van der Waals surface area contributed by atoms with Crippen LogP contribution >= 0.6 is 0 Å². The number of nitrogens with one attached hydrogen (secondary N) is 1. The van der Waals surface area contributed by atoms with Gasteiger partial charge in [-0.15, -0.1) is 0 Å². The number of carbonyl (C=O) groups excluding carboxylic acids is 1. The summed E-state index contributed by atoms with van der Waals surface area (Å²) in [5.74, 6) is 0.770. The van der Waals surface area contributed by atoms with Crippen LogP contribution in [0.25, 0.3) is 0 Å². The van der Waals surface area contributed by atoms with E-state index in [1.807, 2.05) is 6.92 Å². The Morgan fingerprint density at radius 1 is 1.53 bits per heavy atom. The summed E-state index contributed by atoms with van der Waals surface area (Å²) in [5, 5.41) is 7.02. The van der Waals surface area contributed by atoms with Crippen LogP contribution in [0.5, 0.6) is 0 Å². The van der Waals surface area contributed by atoms with Crippen molar-refractivity contribution >= 4 is 11.6 Å². The van der Waals surface area contributed by atoms with Gasteiger partial charge in [-0.3, -0.25) is 9.48 Å². The number of nitrogens with zero attached hydrogens (tertiary/aromatic N) is 2. The van der Waals surface area contributed by atoms with E-state index in [4.69, 9.17) is 5.73 Å². The molecule has 0 bridgehead atoms. The van der Waals surface area contributed by atoms with Crippen molar-refractivity contribution in [3.8, 4) is 0 Å². The summed E-state index contributed by atoms with van der Waals surface area (Å²) >= 11 is 0. The van der Waals surface area contributed by atoms with Crippen molar-refractivity contribution in [2.75, 3.05) is 12.3 Å². The molecule has 1 fully saturated rings. The average Bonchev–Trinajstić information content (AvgIpc) is 3.03. The summed E-state index contributed by atoms with van der Waals surface area (Å²) in [4.78, 5) is 12.1. The van der Waals surface area contributed by atoms with Gasteiger partial charge in [0, 0.05) is 13.1 Å². The predicted octanol–water partition coefficient (Wildman–Crippen LogP) is 2.19. The molecule has 1 aromatic rings. The standard InChI is InChI=1S/C14H24N4O/c1-2-18-13(12(15)10-17-18)14(19)16-9-5-8-11-6-3-4-7-11/h10-11H,2-9,15H2,1H3,(H,16,19). The Labute approximate surface area is 114 Å². The SMILES string of the molecule is CCn1ncc(N)c1C(=O)NCCCC1CCCC1. The van der Waals surface area contributed by atoms with E-state index in [1.54, 1.807) is 4.68 Å². The molecule has 1 aliphatic rings. The summed E-state index contributed by atoms with van der Waals surface area (Å²) in [6, 6.07) is 0. The van der Waals surface area contributed by atoms with Gasteiger partial charge in [-0.25, -0.2) is 0 Å². The van der Waals surface area contributed by atoms with Gasteiger partial charge in [-0.05, 0) is 25.7 Å². The molecule has 1 aromatic heterocycles. The summed E-state index contributed by atoms with van der Waals surface area (Å²) in [5.41, 5.74) is 6.72. The molecule has 0 aromatic carbocycles. The van der Waals surface area contributed by atoms with E-state index >= 15 is 0 Å². The molecule has 5 nitrogen and oxygen atoms in total. The molecule has 3 N–H and O–H groups in total. The molecule has 0 unspecified atom stereocenters. The second kappa shape index (κ2) is 6.59. The summed E-state index contributed by atoms with van der Waals surface area (Å²) < 4.78 is 1.64. The minimum atomic E-state index is -0.108.